The number of hydrogen-bond donors (Lipinski definition) is 0. The molecule has 0 radical (unpaired) electrons. The molecule has 0 saturated heterocycles. The van der Waals surface area contributed by atoms with Crippen LogP contribution >= 0.6 is 0 Å². The van der Waals surface area contributed by atoms with Gasteiger partial charge in [-0.25, -0.2) is 0 Å². The number of rotatable bonds is 17. The van der Waals surface area contributed by atoms with Crippen molar-refractivity contribution in [3.8, 4) is 0 Å². The first kappa shape index (κ1) is 21.9. The van der Waals surface area contributed by atoms with Crippen LogP contribution < -0.4 is 0 Å². The first-order chi connectivity index (χ1) is 10.6. The standard InChI is InChI=1S/C18H38O3S/c1-3-5-6-7-8-9-10-11-12-13-14-15-16-17-18-22(19,20)21-4-2/h3-18H2,1-2H3. The first-order valence-corrected chi connectivity index (χ1v) is 11.1. The normalized spacial score (nSPS) is 11.9. The van der Waals surface area contributed by atoms with Crippen LogP contribution in [0.2, 0.25) is 0 Å². The number of unbranched alkanes of at least 4 members (excludes halogenated alkanes) is 13. The van der Waals surface area contributed by atoms with Crippen LogP contribution in [0.3, 0.4) is 0 Å². The molecule has 134 valence electrons. The Kier molecular flexibility index (Phi) is 15.7. The zero-order valence-corrected chi connectivity index (χ0v) is 15.8. The van der Waals surface area contributed by atoms with E-state index < -0.39 is 10.1 Å². The highest BCUT2D eigenvalue weighted by Gasteiger charge is 2.08. The highest BCUT2D eigenvalue weighted by atomic mass is 32.2. The van der Waals surface area contributed by atoms with E-state index in [2.05, 4.69) is 6.92 Å². The van der Waals surface area contributed by atoms with Crippen molar-refractivity contribution in [1.82, 2.24) is 0 Å². The fraction of sp³-hybridized carbons (Fsp3) is 1.00. The summed E-state index contributed by atoms with van der Waals surface area (Å²) < 4.78 is 27.4. The Labute approximate surface area is 139 Å². The van der Waals surface area contributed by atoms with Gasteiger partial charge in [-0.3, -0.25) is 4.18 Å². The van der Waals surface area contributed by atoms with Crippen molar-refractivity contribution in [3.63, 3.8) is 0 Å². The Balaban J connectivity index is 3.15. The molecule has 0 aliphatic carbocycles. The minimum absolute atomic E-state index is 0.179. The van der Waals surface area contributed by atoms with Gasteiger partial charge in [-0.1, -0.05) is 90.4 Å². The molecule has 0 aromatic rings. The summed E-state index contributed by atoms with van der Waals surface area (Å²) in [5.74, 6) is 0.179. The summed E-state index contributed by atoms with van der Waals surface area (Å²) in [6, 6.07) is 0. The maximum atomic E-state index is 11.3. The van der Waals surface area contributed by atoms with Crippen LogP contribution in [0, 0.1) is 0 Å². The fourth-order valence-electron chi connectivity index (χ4n) is 2.71. The number of hydrogen-bond acceptors (Lipinski definition) is 3. The van der Waals surface area contributed by atoms with Crippen molar-refractivity contribution in [2.75, 3.05) is 12.4 Å². The molecule has 0 N–H and O–H groups in total. The van der Waals surface area contributed by atoms with Crippen LogP contribution in [-0.2, 0) is 14.3 Å². The van der Waals surface area contributed by atoms with Crippen molar-refractivity contribution < 1.29 is 12.6 Å². The molecule has 0 bridgehead atoms. The Morgan fingerprint density at radius 3 is 1.32 bits per heavy atom. The molecule has 0 spiro atoms. The second-order valence-corrected chi connectivity index (χ2v) is 8.02. The van der Waals surface area contributed by atoms with Crippen LogP contribution in [-0.4, -0.2) is 20.8 Å². The quantitative estimate of drug-likeness (QED) is 0.248. The van der Waals surface area contributed by atoms with Gasteiger partial charge >= 0.3 is 0 Å². The van der Waals surface area contributed by atoms with Crippen molar-refractivity contribution in [3.05, 3.63) is 0 Å². The van der Waals surface area contributed by atoms with Crippen molar-refractivity contribution in [2.45, 2.75) is 104 Å². The fourth-order valence-corrected chi connectivity index (χ4v) is 3.75. The van der Waals surface area contributed by atoms with E-state index >= 15 is 0 Å². The first-order valence-electron chi connectivity index (χ1n) is 9.49. The van der Waals surface area contributed by atoms with E-state index in [0.717, 1.165) is 19.3 Å². The van der Waals surface area contributed by atoms with E-state index in [1.807, 2.05) is 0 Å². The maximum absolute atomic E-state index is 11.3. The van der Waals surface area contributed by atoms with Crippen LogP contribution in [0.5, 0.6) is 0 Å². The van der Waals surface area contributed by atoms with Gasteiger partial charge < -0.3 is 0 Å². The summed E-state index contributed by atoms with van der Waals surface area (Å²) in [6.07, 6.45) is 17.9. The van der Waals surface area contributed by atoms with Gasteiger partial charge in [0.15, 0.2) is 0 Å². The molecule has 4 heteroatoms. The third-order valence-corrected chi connectivity index (χ3v) is 5.43. The maximum Gasteiger partial charge on any atom is 0.267 e. The monoisotopic (exact) mass is 334 g/mol. The lowest BCUT2D eigenvalue weighted by molar-refractivity contribution is 0.337. The molecular formula is C18H38O3S. The van der Waals surface area contributed by atoms with Gasteiger partial charge in [0.1, 0.15) is 0 Å². The average molecular weight is 335 g/mol. The molecule has 0 aromatic carbocycles. The molecule has 22 heavy (non-hydrogen) atoms. The summed E-state index contributed by atoms with van der Waals surface area (Å²) in [6.45, 7) is 4.22. The molecule has 0 rings (SSSR count). The Morgan fingerprint density at radius 1 is 0.591 bits per heavy atom. The Bertz CT molecular complexity index is 312. The second kappa shape index (κ2) is 15.8. The second-order valence-electron chi connectivity index (χ2n) is 6.26. The SMILES string of the molecule is CCCCCCCCCCCCCCCCS(=O)(=O)OCC. The zero-order valence-electron chi connectivity index (χ0n) is 14.9. The van der Waals surface area contributed by atoms with Gasteiger partial charge in [0, 0.05) is 0 Å². The molecule has 0 aromatic heterocycles. The van der Waals surface area contributed by atoms with Gasteiger partial charge in [-0.15, -0.1) is 0 Å². The molecular weight excluding hydrogens is 296 g/mol. The lowest BCUT2D eigenvalue weighted by Crippen LogP contribution is -2.10. The minimum Gasteiger partial charge on any atom is -0.270 e. The molecule has 3 nitrogen and oxygen atoms in total. The van der Waals surface area contributed by atoms with Crippen LogP contribution in [0.15, 0.2) is 0 Å². The van der Waals surface area contributed by atoms with E-state index in [1.54, 1.807) is 6.92 Å². The molecule has 0 amide bonds. The minimum atomic E-state index is -3.25. The predicted molar refractivity (Wildman–Crippen MR) is 95.7 cm³/mol. The third-order valence-electron chi connectivity index (χ3n) is 4.05. The average Bonchev–Trinajstić information content (AvgIpc) is 2.47. The molecule has 0 heterocycles. The third kappa shape index (κ3) is 16.3. The molecule has 0 fully saturated rings. The summed E-state index contributed by atoms with van der Waals surface area (Å²) >= 11 is 0. The summed E-state index contributed by atoms with van der Waals surface area (Å²) in [7, 11) is -3.25. The zero-order chi connectivity index (χ0) is 16.5. The highest BCUT2D eigenvalue weighted by Crippen LogP contribution is 2.13. The smallest absolute Gasteiger partial charge is 0.267 e. The van der Waals surface area contributed by atoms with Crippen molar-refractivity contribution >= 4 is 10.1 Å². The van der Waals surface area contributed by atoms with Crippen LogP contribution in [0.4, 0.5) is 0 Å². The van der Waals surface area contributed by atoms with Crippen LogP contribution in [0.25, 0.3) is 0 Å². The topological polar surface area (TPSA) is 43.4 Å². The Morgan fingerprint density at radius 2 is 0.955 bits per heavy atom. The lowest BCUT2D eigenvalue weighted by atomic mass is 10.0. The summed E-state index contributed by atoms with van der Waals surface area (Å²) in [4.78, 5) is 0. The summed E-state index contributed by atoms with van der Waals surface area (Å²) in [5.41, 5.74) is 0. The Hall–Kier alpha value is -0.0900. The lowest BCUT2D eigenvalue weighted by Gasteiger charge is -2.04. The van der Waals surface area contributed by atoms with Gasteiger partial charge in [-0.05, 0) is 13.3 Å². The van der Waals surface area contributed by atoms with Gasteiger partial charge in [0.05, 0.1) is 12.4 Å². The van der Waals surface area contributed by atoms with E-state index in [1.165, 1.54) is 70.6 Å². The largest absolute Gasteiger partial charge is 0.270 e. The van der Waals surface area contributed by atoms with E-state index in [0.29, 0.717) is 0 Å². The van der Waals surface area contributed by atoms with E-state index in [4.69, 9.17) is 4.18 Å². The van der Waals surface area contributed by atoms with Crippen molar-refractivity contribution in [1.29, 1.82) is 0 Å². The van der Waals surface area contributed by atoms with Crippen molar-refractivity contribution in [2.24, 2.45) is 0 Å². The molecule has 0 unspecified atom stereocenters. The molecule has 0 aliphatic heterocycles. The highest BCUT2D eigenvalue weighted by molar-refractivity contribution is 7.86. The van der Waals surface area contributed by atoms with Gasteiger partial charge in [0.25, 0.3) is 10.1 Å². The summed E-state index contributed by atoms with van der Waals surface area (Å²) in [5, 5.41) is 0. The molecule has 0 saturated carbocycles. The van der Waals surface area contributed by atoms with Crippen LogP contribution in [0.1, 0.15) is 104 Å². The van der Waals surface area contributed by atoms with E-state index in [9.17, 15) is 8.42 Å². The van der Waals surface area contributed by atoms with Gasteiger partial charge in [0.2, 0.25) is 0 Å². The molecule has 0 aliphatic rings. The van der Waals surface area contributed by atoms with E-state index in [-0.39, 0.29) is 12.4 Å². The van der Waals surface area contributed by atoms with Gasteiger partial charge in [-0.2, -0.15) is 8.42 Å². The molecule has 0 atom stereocenters. The predicted octanol–water partition coefficient (Wildman–Crippen LogP) is 5.83.